The quantitative estimate of drug-likeness (QED) is 0.596. The van der Waals surface area contributed by atoms with Crippen LogP contribution in [0.3, 0.4) is 0 Å². The van der Waals surface area contributed by atoms with Gasteiger partial charge in [0.1, 0.15) is 12.3 Å². The van der Waals surface area contributed by atoms with Crippen molar-refractivity contribution in [2.45, 2.75) is 13.5 Å². The maximum Gasteiger partial charge on any atom is 0.254 e. The standard InChI is InChI=1S/C21H21N3O3/c1-4-12-24(21(25)16-8-10-18(26-3)11-9-16)14-19-22-20(23-27-19)17-7-5-6-15(2)13-17/h4-11,13H,1,12,14H2,2-3H3. The number of benzene rings is 2. The Hall–Kier alpha value is -3.41. The number of amides is 1. The summed E-state index contributed by atoms with van der Waals surface area (Å²) in [6, 6.07) is 14.8. The highest BCUT2D eigenvalue weighted by atomic mass is 16.5. The number of carbonyl (C=O) groups is 1. The van der Waals surface area contributed by atoms with Crippen LogP contribution in [0.1, 0.15) is 21.8 Å². The Kier molecular flexibility index (Phi) is 5.66. The molecule has 138 valence electrons. The van der Waals surface area contributed by atoms with Crippen molar-refractivity contribution in [1.29, 1.82) is 0 Å². The molecule has 0 fully saturated rings. The van der Waals surface area contributed by atoms with Gasteiger partial charge in [0, 0.05) is 17.7 Å². The second-order valence-corrected chi connectivity index (χ2v) is 6.08. The summed E-state index contributed by atoms with van der Waals surface area (Å²) < 4.78 is 10.5. The number of methoxy groups -OCH3 is 1. The van der Waals surface area contributed by atoms with Crippen molar-refractivity contribution in [3.8, 4) is 17.1 Å². The molecule has 3 rings (SSSR count). The SMILES string of the molecule is C=CCN(Cc1nc(-c2cccc(C)c2)no1)C(=O)c1ccc(OC)cc1. The van der Waals surface area contributed by atoms with E-state index in [1.54, 1.807) is 42.4 Å². The molecule has 0 aliphatic heterocycles. The number of rotatable bonds is 7. The third-order valence-electron chi connectivity index (χ3n) is 4.04. The fourth-order valence-electron chi connectivity index (χ4n) is 2.68. The Labute approximate surface area is 158 Å². The van der Waals surface area contributed by atoms with Crippen molar-refractivity contribution >= 4 is 5.91 Å². The molecule has 0 bridgehead atoms. The van der Waals surface area contributed by atoms with Gasteiger partial charge >= 0.3 is 0 Å². The lowest BCUT2D eigenvalue weighted by atomic mass is 10.1. The van der Waals surface area contributed by atoms with Crippen LogP contribution >= 0.6 is 0 Å². The summed E-state index contributed by atoms with van der Waals surface area (Å²) in [4.78, 5) is 18.8. The van der Waals surface area contributed by atoms with Gasteiger partial charge in [-0.25, -0.2) is 0 Å². The molecule has 6 heteroatoms. The fraction of sp³-hybridized carbons (Fsp3) is 0.190. The summed E-state index contributed by atoms with van der Waals surface area (Å²) in [6.45, 7) is 6.30. The Morgan fingerprint density at radius 2 is 2.04 bits per heavy atom. The van der Waals surface area contributed by atoms with Gasteiger partial charge in [-0.3, -0.25) is 4.79 Å². The zero-order chi connectivity index (χ0) is 19.2. The maximum atomic E-state index is 12.8. The summed E-state index contributed by atoms with van der Waals surface area (Å²) in [5, 5.41) is 4.03. The lowest BCUT2D eigenvalue weighted by Gasteiger charge is -2.19. The fourth-order valence-corrected chi connectivity index (χ4v) is 2.68. The van der Waals surface area contributed by atoms with Crippen LogP contribution in [0.2, 0.25) is 0 Å². The minimum Gasteiger partial charge on any atom is -0.497 e. The number of hydrogen-bond donors (Lipinski definition) is 0. The van der Waals surface area contributed by atoms with Crippen LogP contribution in [-0.4, -0.2) is 34.6 Å². The second kappa shape index (κ2) is 8.31. The van der Waals surface area contributed by atoms with Crippen molar-refractivity contribution in [3.05, 3.63) is 78.2 Å². The second-order valence-electron chi connectivity index (χ2n) is 6.08. The molecule has 0 aliphatic carbocycles. The molecule has 0 atom stereocenters. The van der Waals surface area contributed by atoms with Gasteiger partial charge in [0.2, 0.25) is 11.7 Å². The highest BCUT2D eigenvalue weighted by molar-refractivity contribution is 5.94. The van der Waals surface area contributed by atoms with Gasteiger partial charge in [-0.1, -0.05) is 35.0 Å². The Morgan fingerprint density at radius 3 is 2.70 bits per heavy atom. The van der Waals surface area contributed by atoms with Gasteiger partial charge in [-0.15, -0.1) is 6.58 Å². The highest BCUT2D eigenvalue weighted by Gasteiger charge is 2.19. The summed E-state index contributed by atoms with van der Waals surface area (Å²) >= 11 is 0. The van der Waals surface area contributed by atoms with Crippen LogP contribution in [0, 0.1) is 6.92 Å². The van der Waals surface area contributed by atoms with Crippen molar-refractivity contribution in [2.24, 2.45) is 0 Å². The third-order valence-corrected chi connectivity index (χ3v) is 4.04. The Morgan fingerprint density at radius 1 is 1.26 bits per heavy atom. The molecule has 0 spiro atoms. The largest absolute Gasteiger partial charge is 0.497 e. The van der Waals surface area contributed by atoms with Gasteiger partial charge in [0.05, 0.1) is 7.11 Å². The van der Waals surface area contributed by atoms with Crippen molar-refractivity contribution in [3.63, 3.8) is 0 Å². The number of hydrogen-bond acceptors (Lipinski definition) is 5. The predicted molar refractivity (Wildman–Crippen MR) is 102 cm³/mol. The van der Waals surface area contributed by atoms with E-state index in [0.29, 0.717) is 29.6 Å². The van der Waals surface area contributed by atoms with Crippen molar-refractivity contribution in [2.75, 3.05) is 13.7 Å². The predicted octanol–water partition coefficient (Wildman–Crippen LogP) is 3.88. The van der Waals surface area contributed by atoms with E-state index >= 15 is 0 Å². The molecule has 0 aliphatic rings. The van der Waals surface area contributed by atoms with Gasteiger partial charge in [-0.05, 0) is 37.3 Å². The van der Waals surface area contributed by atoms with Gasteiger partial charge in [-0.2, -0.15) is 4.98 Å². The van der Waals surface area contributed by atoms with E-state index in [2.05, 4.69) is 16.7 Å². The van der Waals surface area contributed by atoms with Crippen molar-refractivity contribution < 1.29 is 14.1 Å². The molecule has 6 nitrogen and oxygen atoms in total. The molecule has 1 heterocycles. The van der Waals surface area contributed by atoms with Crippen LogP contribution in [0.15, 0.2) is 65.7 Å². The van der Waals surface area contributed by atoms with E-state index in [0.717, 1.165) is 11.1 Å². The van der Waals surface area contributed by atoms with Crippen LogP contribution in [-0.2, 0) is 6.54 Å². The molecule has 0 saturated carbocycles. The lowest BCUT2D eigenvalue weighted by molar-refractivity contribution is 0.0745. The summed E-state index contributed by atoms with van der Waals surface area (Å²) in [6.07, 6.45) is 1.67. The molecule has 3 aromatic rings. The van der Waals surface area contributed by atoms with E-state index in [1.807, 2.05) is 31.2 Å². The molecule has 2 aromatic carbocycles. The first-order valence-electron chi connectivity index (χ1n) is 8.54. The van der Waals surface area contributed by atoms with E-state index in [-0.39, 0.29) is 12.5 Å². The Bertz CT molecular complexity index is 932. The highest BCUT2D eigenvalue weighted by Crippen LogP contribution is 2.19. The van der Waals surface area contributed by atoms with Crippen LogP contribution < -0.4 is 4.74 Å². The minimum absolute atomic E-state index is 0.146. The molecule has 0 unspecified atom stereocenters. The summed E-state index contributed by atoms with van der Waals surface area (Å²) in [5.74, 6) is 1.42. The third kappa shape index (κ3) is 4.41. The maximum absolute atomic E-state index is 12.8. The number of nitrogens with zero attached hydrogens (tertiary/aromatic N) is 3. The van der Waals surface area contributed by atoms with E-state index < -0.39 is 0 Å². The minimum atomic E-state index is -0.146. The van der Waals surface area contributed by atoms with Crippen LogP contribution in [0.5, 0.6) is 5.75 Å². The molecule has 0 radical (unpaired) electrons. The molecule has 1 amide bonds. The average Bonchev–Trinajstić information content (AvgIpc) is 3.16. The van der Waals surface area contributed by atoms with Crippen molar-refractivity contribution in [1.82, 2.24) is 15.0 Å². The van der Waals surface area contributed by atoms with Gasteiger partial charge in [0.25, 0.3) is 5.91 Å². The lowest BCUT2D eigenvalue weighted by Crippen LogP contribution is -2.30. The molecular weight excluding hydrogens is 342 g/mol. The van der Waals surface area contributed by atoms with Gasteiger partial charge < -0.3 is 14.2 Å². The molecule has 27 heavy (non-hydrogen) atoms. The van der Waals surface area contributed by atoms with Gasteiger partial charge in [0.15, 0.2) is 0 Å². The normalized spacial score (nSPS) is 10.4. The molecular formula is C21H21N3O3. The molecule has 1 aromatic heterocycles. The first-order chi connectivity index (χ1) is 13.1. The summed E-state index contributed by atoms with van der Waals surface area (Å²) in [7, 11) is 1.59. The van der Waals surface area contributed by atoms with Crippen LogP contribution in [0.4, 0.5) is 0 Å². The number of carbonyl (C=O) groups excluding carboxylic acids is 1. The zero-order valence-electron chi connectivity index (χ0n) is 15.4. The molecule has 0 saturated heterocycles. The topological polar surface area (TPSA) is 68.5 Å². The summed E-state index contributed by atoms with van der Waals surface area (Å²) in [5.41, 5.74) is 2.54. The first-order valence-corrected chi connectivity index (χ1v) is 8.54. The average molecular weight is 363 g/mol. The monoisotopic (exact) mass is 363 g/mol. The van der Waals surface area contributed by atoms with E-state index in [1.165, 1.54) is 0 Å². The van der Waals surface area contributed by atoms with Crippen LogP contribution in [0.25, 0.3) is 11.4 Å². The van der Waals surface area contributed by atoms with E-state index in [4.69, 9.17) is 9.26 Å². The van der Waals surface area contributed by atoms with E-state index in [9.17, 15) is 4.79 Å². The Balaban J connectivity index is 1.78. The first kappa shape index (κ1) is 18.4. The zero-order valence-corrected chi connectivity index (χ0v) is 15.4. The smallest absolute Gasteiger partial charge is 0.254 e. The number of ether oxygens (including phenoxy) is 1. The number of aryl methyl sites for hydroxylation is 1. The number of aromatic nitrogens is 2. The molecule has 0 N–H and O–H groups in total.